The summed E-state index contributed by atoms with van der Waals surface area (Å²) in [6.07, 6.45) is 2.53. The van der Waals surface area contributed by atoms with Crippen LogP contribution in [-0.2, 0) is 17.8 Å². The smallest absolute Gasteiger partial charge is 0.220 e. The summed E-state index contributed by atoms with van der Waals surface area (Å²) in [6.45, 7) is 5.27. The molecule has 4 rings (SSSR count). The normalized spacial score (nSPS) is 11.1. The lowest BCUT2D eigenvalue weighted by atomic mass is 10.1. The van der Waals surface area contributed by atoms with E-state index in [2.05, 4.69) is 19.9 Å². The van der Waals surface area contributed by atoms with Crippen molar-refractivity contribution in [3.05, 3.63) is 72.0 Å². The van der Waals surface area contributed by atoms with Crippen LogP contribution in [0.15, 0.2) is 59.1 Å². The summed E-state index contributed by atoms with van der Waals surface area (Å²) in [5, 5.41) is 2.97. The molecule has 6 nitrogen and oxygen atoms in total. The second kappa shape index (κ2) is 8.31. The number of rotatable bonds is 7. The molecule has 0 aliphatic heterocycles. The highest BCUT2D eigenvalue weighted by Crippen LogP contribution is 2.21. The van der Waals surface area contributed by atoms with Gasteiger partial charge in [0, 0.05) is 31.5 Å². The lowest BCUT2D eigenvalue weighted by Gasteiger charge is -2.08. The van der Waals surface area contributed by atoms with E-state index in [0.717, 1.165) is 28.2 Å². The molecule has 29 heavy (non-hydrogen) atoms. The molecular weight excluding hydrogens is 364 g/mol. The average Bonchev–Trinajstić information content (AvgIpc) is 3.32. The number of fused-ring (bicyclic) bond motifs is 1. The predicted octanol–water partition coefficient (Wildman–Crippen LogP) is 4.06. The molecule has 0 radical (unpaired) electrons. The standard InChI is InChI=1S/C23H24N4O2/c1-16-7-9-18(10-8-16)21-15-25-23(29-21)12-11-22(28)24-13-14-27-17(2)26-19-5-3-4-6-20(19)27/h3-10,15H,11-14H2,1-2H3,(H,24,28). The maximum atomic E-state index is 12.2. The molecule has 1 N–H and O–H groups in total. The minimum atomic E-state index is -0.0119. The minimum Gasteiger partial charge on any atom is -0.441 e. The van der Waals surface area contributed by atoms with Crippen molar-refractivity contribution < 1.29 is 9.21 Å². The number of para-hydroxylation sites is 2. The fraction of sp³-hybridized carbons (Fsp3) is 0.261. The molecule has 0 aliphatic carbocycles. The Bertz CT molecular complexity index is 1130. The Balaban J connectivity index is 1.27. The predicted molar refractivity (Wildman–Crippen MR) is 112 cm³/mol. The number of imidazole rings is 1. The molecule has 148 valence electrons. The van der Waals surface area contributed by atoms with E-state index in [1.54, 1.807) is 6.20 Å². The summed E-state index contributed by atoms with van der Waals surface area (Å²) in [7, 11) is 0. The summed E-state index contributed by atoms with van der Waals surface area (Å²) in [6, 6.07) is 16.1. The largest absolute Gasteiger partial charge is 0.441 e. The Morgan fingerprint density at radius 1 is 1.10 bits per heavy atom. The lowest BCUT2D eigenvalue weighted by Crippen LogP contribution is -2.27. The number of hydrogen-bond donors (Lipinski definition) is 1. The molecule has 2 aromatic heterocycles. The Labute approximate surface area is 169 Å². The highest BCUT2D eigenvalue weighted by molar-refractivity contribution is 5.77. The molecule has 1 amide bonds. The van der Waals surface area contributed by atoms with E-state index in [9.17, 15) is 4.79 Å². The molecular formula is C23H24N4O2. The average molecular weight is 388 g/mol. The maximum absolute atomic E-state index is 12.2. The van der Waals surface area contributed by atoms with Crippen LogP contribution in [0.25, 0.3) is 22.4 Å². The van der Waals surface area contributed by atoms with Crippen molar-refractivity contribution in [1.82, 2.24) is 19.9 Å². The van der Waals surface area contributed by atoms with Crippen LogP contribution in [0.3, 0.4) is 0 Å². The van der Waals surface area contributed by atoms with Gasteiger partial charge in [-0.2, -0.15) is 0 Å². The van der Waals surface area contributed by atoms with Gasteiger partial charge in [-0.05, 0) is 26.0 Å². The number of aryl methyl sites for hydroxylation is 3. The highest BCUT2D eigenvalue weighted by Gasteiger charge is 2.10. The number of carbonyl (C=O) groups is 1. The molecule has 0 unspecified atom stereocenters. The second-order valence-electron chi connectivity index (χ2n) is 7.13. The first-order chi connectivity index (χ1) is 14.1. The van der Waals surface area contributed by atoms with Gasteiger partial charge in [0.2, 0.25) is 5.91 Å². The van der Waals surface area contributed by atoms with Crippen molar-refractivity contribution in [2.75, 3.05) is 6.54 Å². The minimum absolute atomic E-state index is 0.0119. The Hall–Kier alpha value is -3.41. The summed E-state index contributed by atoms with van der Waals surface area (Å²) in [5.41, 5.74) is 4.25. The van der Waals surface area contributed by atoms with Crippen molar-refractivity contribution in [2.24, 2.45) is 0 Å². The first-order valence-corrected chi connectivity index (χ1v) is 9.80. The van der Waals surface area contributed by atoms with Crippen LogP contribution >= 0.6 is 0 Å². The molecule has 2 aromatic carbocycles. The molecule has 0 spiro atoms. The molecule has 0 bridgehead atoms. The van der Waals surface area contributed by atoms with Gasteiger partial charge < -0.3 is 14.3 Å². The Morgan fingerprint density at radius 3 is 2.72 bits per heavy atom. The van der Waals surface area contributed by atoms with E-state index in [1.807, 2.05) is 62.4 Å². The van der Waals surface area contributed by atoms with Crippen molar-refractivity contribution in [2.45, 2.75) is 33.2 Å². The number of oxazole rings is 1. The summed E-state index contributed by atoms with van der Waals surface area (Å²) >= 11 is 0. The zero-order valence-corrected chi connectivity index (χ0v) is 16.7. The van der Waals surface area contributed by atoms with Gasteiger partial charge >= 0.3 is 0 Å². The molecule has 0 fully saturated rings. The fourth-order valence-electron chi connectivity index (χ4n) is 3.37. The van der Waals surface area contributed by atoms with Gasteiger partial charge in [0.05, 0.1) is 17.2 Å². The summed E-state index contributed by atoms with van der Waals surface area (Å²) < 4.78 is 7.91. The quantitative estimate of drug-likeness (QED) is 0.518. The van der Waals surface area contributed by atoms with Crippen molar-refractivity contribution in [3.8, 4) is 11.3 Å². The van der Waals surface area contributed by atoms with E-state index in [4.69, 9.17) is 4.42 Å². The monoisotopic (exact) mass is 388 g/mol. The van der Waals surface area contributed by atoms with Crippen molar-refractivity contribution in [3.63, 3.8) is 0 Å². The van der Waals surface area contributed by atoms with Gasteiger partial charge in [-0.3, -0.25) is 4.79 Å². The SMILES string of the molecule is Cc1ccc(-c2cnc(CCC(=O)NCCn3c(C)nc4ccccc43)o2)cc1. The second-order valence-corrected chi connectivity index (χ2v) is 7.13. The van der Waals surface area contributed by atoms with Gasteiger partial charge in [-0.1, -0.05) is 42.0 Å². The third kappa shape index (κ3) is 4.37. The molecule has 0 saturated carbocycles. The molecule has 2 heterocycles. The van der Waals surface area contributed by atoms with E-state index < -0.39 is 0 Å². The Morgan fingerprint density at radius 2 is 1.90 bits per heavy atom. The number of aromatic nitrogens is 3. The van der Waals surface area contributed by atoms with Gasteiger partial charge in [0.15, 0.2) is 11.7 Å². The van der Waals surface area contributed by atoms with Gasteiger partial charge in [-0.15, -0.1) is 0 Å². The summed E-state index contributed by atoms with van der Waals surface area (Å²) in [5.74, 6) is 2.24. The first kappa shape index (κ1) is 18.9. The van der Waals surface area contributed by atoms with Crippen molar-refractivity contribution in [1.29, 1.82) is 0 Å². The Kier molecular flexibility index (Phi) is 5.42. The highest BCUT2D eigenvalue weighted by atomic mass is 16.4. The van der Waals surface area contributed by atoms with E-state index in [-0.39, 0.29) is 5.91 Å². The number of carbonyl (C=O) groups excluding carboxylic acids is 1. The number of benzene rings is 2. The van der Waals surface area contributed by atoms with Crippen LogP contribution < -0.4 is 5.32 Å². The first-order valence-electron chi connectivity index (χ1n) is 9.80. The molecule has 4 aromatic rings. The van der Waals surface area contributed by atoms with Gasteiger partial charge in [0.25, 0.3) is 0 Å². The molecule has 0 aliphatic rings. The number of nitrogens with one attached hydrogen (secondary N) is 1. The van der Waals surface area contributed by atoms with Crippen molar-refractivity contribution >= 4 is 16.9 Å². The number of amides is 1. The van der Waals surface area contributed by atoms with Crippen LogP contribution in [-0.4, -0.2) is 27.0 Å². The topological polar surface area (TPSA) is 73.0 Å². The van der Waals surface area contributed by atoms with E-state index >= 15 is 0 Å². The number of nitrogens with zero attached hydrogens (tertiary/aromatic N) is 3. The van der Waals surface area contributed by atoms with Gasteiger partial charge in [0.1, 0.15) is 5.82 Å². The van der Waals surface area contributed by atoms with Crippen LogP contribution in [0.2, 0.25) is 0 Å². The molecule has 0 atom stereocenters. The van der Waals surface area contributed by atoms with Crippen LogP contribution in [0.1, 0.15) is 23.7 Å². The van der Waals surface area contributed by atoms with E-state index in [1.165, 1.54) is 5.56 Å². The van der Waals surface area contributed by atoms with Crippen LogP contribution in [0.5, 0.6) is 0 Å². The zero-order valence-electron chi connectivity index (χ0n) is 16.7. The van der Waals surface area contributed by atoms with Crippen LogP contribution in [0, 0.1) is 13.8 Å². The third-order valence-electron chi connectivity index (χ3n) is 4.96. The maximum Gasteiger partial charge on any atom is 0.220 e. The van der Waals surface area contributed by atoms with Crippen LogP contribution in [0.4, 0.5) is 0 Å². The lowest BCUT2D eigenvalue weighted by molar-refractivity contribution is -0.121. The zero-order chi connectivity index (χ0) is 20.2. The molecule has 6 heteroatoms. The van der Waals surface area contributed by atoms with E-state index in [0.29, 0.717) is 31.8 Å². The number of hydrogen-bond acceptors (Lipinski definition) is 4. The summed E-state index contributed by atoms with van der Waals surface area (Å²) in [4.78, 5) is 21.0. The fourth-order valence-corrected chi connectivity index (χ4v) is 3.37. The van der Waals surface area contributed by atoms with Gasteiger partial charge in [-0.25, -0.2) is 9.97 Å². The third-order valence-corrected chi connectivity index (χ3v) is 4.96. The molecule has 0 saturated heterocycles.